The van der Waals surface area contributed by atoms with Gasteiger partial charge in [-0.2, -0.15) is 11.8 Å². The van der Waals surface area contributed by atoms with Gasteiger partial charge in [0.25, 0.3) is 5.91 Å². The minimum absolute atomic E-state index is 0.0219. The molecule has 0 saturated carbocycles. The number of aryl methyl sites for hydroxylation is 1. The van der Waals surface area contributed by atoms with Gasteiger partial charge in [-0.15, -0.1) is 0 Å². The lowest BCUT2D eigenvalue weighted by Crippen LogP contribution is -2.40. The van der Waals surface area contributed by atoms with Crippen LogP contribution in [-0.2, 0) is 0 Å². The summed E-state index contributed by atoms with van der Waals surface area (Å²) in [5.41, 5.74) is 2.87. The second-order valence-corrected chi connectivity index (χ2v) is 7.10. The fourth-order valence-corrected chi connectivity index (χ4v) is 4.08. The van der Waals surface area contributed by atoms with Crippen LogP contribution in [0.15, 0.2) is 48.9 Å². The SMILES string of the molecule is Cc1ccc([C@@H]2CSCCN2C(=O)c2cn3cccnc3n2)cc1. The Hall–Kier alpha value is -2.34. The number of aromatic nitrogens is 3. The Morgan fingerprint density at radius 1 is 1.29 bits per heavy atom. The van der Waals surface area contributed by atoms with Crippen LogP contribution >= 0.6 is 11.8 Å². The number of hydrogen-bond donors (Lipinski definition) is 0. The van der Waals surface area contributed by atoms with Gasteiger partial charge in [0.1, 0.15) is 5.69 Å². The first kappa shape index (κ1) is 15.2. The largest absolute Gasteiger partial charge is 0.329 e. The van der Waals surface area contributed by atoms with Gasteiger partial charge in [0.05, 0.1) is 6.04 Å². The number of benzene rings is 1. The summed E-state index contributed by atoms with van der Waals surface area (Å²) in [7, 11) is 0. The lowest BCUT2D eigenvalue weighted by Gasteiger charge is -2.35. The molecule has 1 aliphatic heterocycles. The third-order valence-corrected chi connectivity index (χ3v) is 5.33. The van der Waals surface area contributed by atoms with Gasteiger partial charge in [0, 0.05) is 36.6 Å². The van der Waals surface area contributed by atoms with E-state index in [0.717, 1.165) is 18.1 Å². The molecule has 0 spiro atoms. The standard InChI is InChI=1S/C18H18N4OS/c1-13-3-5-14(6-4-13)16-12-24-10-9-22(16)17(23)15-11-21-8-2-7-19-18(21)20-15/h2-8,11,16H,9-10,12H2,1H3/t16-/m0/s1. The van der Waals surface area contributed by atoms with Crippen LogP contribution in [0.4, 0.5) is 0 Å². The summed E-state index contributed by atoms with van der Waals surface area (Å²) in [6.45, 7) is 2.81. The number of amides is 1. The number of hydrogen-bond acceptors (Lipinski definition) is 4. The Bertz CT molecular complexity index is 841. The van der Waals surface area contributed by atoms with Gasteiger partial charge < -0.3 is 4.90 Å². The quantitative estimate of drug-likeness (QED) is 0.721. The van der Waals surface area contributed by atoms with E-state index in [2.05, 4.69) is 41.2 Å². The average Bonchev–Trinajstić information content (AvgIpc) is 3.06. The Morgan fingerprint density at radius 3 is 2.92 bits per heavy atom. The lowest BCUT2D eigenvalue weighted by atomic mass is 10.0. The van der Waals surface area contributed by atoms with Crippen molar-refractivity contribution in [1.29, 1.82) is 0 Å². The van der Waals surface area contributed by atoms with Crippen molar-refractivity contribution in [1.82, 2.24) is 19.3 Å². The van der Waals surface area contributed by atoms with Crippen LogP contribution < -0.4 is 0 Å². The Balaban J connectivity index is 1.66. The van der Waals surface area contributed by atoms with E-state index in [1.165, 1.54) is 11.1 Å². The summed E-state index contributed by atoms with van der Waals surface area (Å²) >= 11 is 1.89. The molecule has 24 heavy (non-hydrogen) atoms. The van der Waals surface area contributed by atoms with Crippen molar-refractivity contribution in [2.75, 3.05) is 18.1 Å². The zero-order chi connectivity index (χ0) is 16.5. The molecule has 3 aromatic rings. The highest BCUT2D eigenvalue weighted by atomic mass is 32.2. The van der Waals surface area contributed by atoms with Crippen LogP contribution in [-0.4, -0.2) is 43.2 Å². The minimum Gasteiger partial charge on any atom is -0.329 e. The van der Waals surface area contributed by atoms with E-state index in [9.17, 15) is 4.79 Å². The number of carbonyl (C=O) groups excluding carboxylic acids is 1. The van der Waals surface area contributed by atoms with Gasteiger partial charge in [-0.05, 0) is 18.6 Å². The number of fused-ring (bicyclic) bond motifs is 1. The third-order valence-electron chi connectivity index (χ3n) is 4.31. The summed E-state index contributed by atoms with van der Waals surface area (Å²) in [6.07, 6.45) is 5.30. The lowest BCUT2D eigenvalue weighted by molar-refractivity contribution is 0.0696. The highest BCUT2D eigenvalue weighted by Gasteiger charge is 2.30. The molecule has 6 heteroatoms. The molecule has 0 N–H and O–H groups in total. The van der Waals surface area contributed by atoms with Crippen molar-refractivity contribution in [2.45, 2.75) is 13.0 Å². The minimum atomic E-state index is -0.0219. The average molecular weight is 338 g/mol. The number of imidazole rings is 1. The number of nitrogens with zero attached hydrogens (tertiary/aromatic N) is 4. The summed E-state index contributed by atoms with van der Waals surface area (Å²) in [6, 6.07) is 10.4. The topological polar surface area (TPSA) is 50.5 Å². The van der Waals surface area contributed by atoms with Crippen LogP contribution in [0.3, 0.4) is 0 Å². The van der Waals surface area contributed by atoms with E-state index in [1.54, 1.807) is 16.8 Å². The van der Waals surface area contributed by atoms with Gasteiger partial charge in [-0.3, -0.25) is 9.20 Å². The van der Waals surface area contributed by atoms with Crippen molar-refractivity contribution >= 4 is 23.4 Å². The van der Waals surface area contributed by atoms with Gasteiger partial charge >= 0.3 is 0 Å². The van der Waals surface area contributed by atoms with Crippen molar-refractivity contribution < 1.29 is 4.79 Å². The molecular weight excluding hydrogens is 320 g/mol. The van der Waals surface area contributed by atoms with Crippen LogP contribution in [0.1, 0.15) is 27.7 Å². The number of carbonyl (C=O) groups is 1. The van der Waals surface area contributed by atoms with E-state index < -0.39 is 0 Å². The van der Waals surface area contributed by atoms with E-state index in [0.29, 0.717) is 11.5 Å². The summed E-state index contributed by atoms with van der Waals surface area (Å²) < 4.78 is 1.78. The Kier molecular flexibility index (Phi) is 3.98. The third kappa shape index (κ3) is 2.78. The molecule has 1 aromatic carbocycles. The zero-order valence-corrected chi connectivity index (χ0v) is 14.2. The Morgan fingerprint density at radius 2 is 2.12 bits per heavy atom. The first-order valence-electron chi connectivity index (χ1n) is 7.97. The maximum absolute atomic E-state index is 13.0. The molecule has 0 aliphatic carbocycles. The van der Waals surface area contributed by atoms with Gasteiger partial charge in [-0.1, -0.05) is 29.8 Å². The van der Waals surface area contributed by atoms with Crippen molar-refractivity contribution in [3.8, 4) is 0 Å². The molecule has 122 valence electrons. The molecule has 1 amide bonds. The van der Waals surface area contributed by atoms with Crippen LogP contribution in [0.5, 0.6) is 0 Å². The highest BCUT2D eigenvalue weighted by Crippen LogP contribution is 2.30. The van der Waals surface area contributed by atoms with Gasteiger partial charge in [-0.25, -0.2) is 9.97 Å². The van der Waals surface area contributed by atoms with Gasteiger partial charge in [0.15, 0.2) is 0 Å². The normalized spacial score (nSPS) is 18.0. The predicted octanol–water partition coefficient (Wildman–Crippen LogP) is 2.97. The van der Waals surface area contributed by atoms with Gasteiger partial charge in [0.2, 0.25) is 5.78 Å². The number of thioether (sulfide) groups is 1. The fourth-order valence-electron chi connectivity index (χ4n) is 2.99. The molecule has 4 rings (SSSR count). The van der Waals surface area contributed by atoms with Crippen molar-refractivity contribution in [3.05, 3.63) is 65.7 Å². The van der Waals surface area contributed by atoms with Crippen molar-refractivity contribution in [2.24, 2.45) is 0 Å². The molecule has 5 nitrogen and oxygen atoms in total. The second-order valence-electron chi connectivity index (χ2n) is 5.95. The first-order chi connectivity index (χ1) is 11.7. The van der Waals surface area contributed by atoms with E-state index >= 15 is 0 Å². The van der Waals surface area contributed by atoms with Crippen molar-refractivity contribution in [3.63, 3.8) is 0 Å². The molecule has 3 heterocycles. The van der Waals surface area contributed by atoms with Crippen LogP contribution in [0.25, 0.3) is 5.78 Å². The van der Waals surface area contributed by atoms with E-state index in [4.69, 9.17) is 0 Å². The smallest absolute Gasteiger partial charge is 0.274 e. The molecule has 0 radical (unpaired) electrons. The van der Waals surface area contributed by atoms with E-state index in [-0.39, 0.29) is 11.9 Å². The monoisotopic (exact) mass is 338 g/mol. The molecular formula is C18H18N4OS. The highest BCUT2D eigenvalue weighted by molar-refractivity contribution is 7.99. The maximum Gasteiger partial charge on any atom is 0.274 e. The first-order valence-corrected chi connectivity index (χ1v) is 9.13. The molecule has 1 fully saturated rings. The van der Waals surface area contributed by atoms with Crippen LogP contribution in [0, 0.1) is 6.92 Å². The van der Waals surface area contributed by atoms with Crippen LogP contribution in [0.2, 0.25) is 0 Å². The zero-order valence-electron chi connectivity index (χ0n) is 13.4. The second kappa shape index (κ2) is 6.28. The Labute approximate surface area is 144 Å². The molecule has 0 bridgehead atoms. The predicted molar refractivity (Wildman–Crippen MR) is 95.3 cm³/mol. The summed E-state index contributed by atoms with van der Waals surface area (Å²) in [5, 5.41) is 0. The maximum atomic E-state index is 13.0. The molecule has 1 atom stereocenters. The molecule has 0 unspecified atom stereocenters. The van der Waals surface area contributed by atoms with E-state index in [1.807, 2.05) is 28.9 Å². The molecule has 2 aromatic heterocycles. The summed E-state index contributed by atoms with van der Waals surface area (Å²) in [4.78, 5) is 23.6. The molecule has 1 saturated heterocycles. The fraction of sp³-hybridized carbons (Fsp3) is 0.278. The number of rotatable bonds is 2. The summed E-state index contributed by atoms with van der Waals surface area (Å²) in [5.74, 6) is 2.41. The molecule has 1 aliphatic rings.